The summed E-state index contributed by atoms with van der Waals surface area (Å²) in [6.07, 6.45) is 0. The number of benzene rings is 1. The number of thiazole rings is 1. The summed E-state index contributed by atoms with van der Waals surface area (Å²) in [6.45, 7) is 2.54. The molecule has 0 fully saturated rings. The van der Waals surface area contributed by atoms with Crippen molar-refractivity contribution in [2.45, 2.75) is 13.0 Å². The third kappa shape index (κ3) is 3.41. The van der Waals surface area contributed by atoms with E-state index in [4.69, 9.17) is 24.7 Å². The largest absolute Gasteiger partial charge is 0.493 e. The maximum atomic E-state index is 6.01. The van der Waals surface area contributed by atoms with Crippen molar-refractivity contribution in [1.82, 2.24) is 4.98 Å². The van der Waals surface area contributed by atoms with Crippen LogP contribution in [0.1, 0.15) is 11.8 Å². The highest BCUT2D eigenvalue weighted by Gasteiger charge is 2.22. The molecule has 1 aliphatic rings. The fourth-order valence-electron chi connectivity index (χ4n) is 2.41. The number of anilines is 3. The second-order valence-electron chi connectivity index (χ2n) is 5.37. The molecule has 1 unspecified atom stereocenters. The Labute approximate surface area is 149 Å². The lowest BCUT2D eigenvalue weighted by Gasteiger charge is -2.14. The molecule has 134 valence electrons. The van der Waals surface area contributed by atoms with E-state index in [1.54, 1.807) is 33.5 Å². The first-order valence-corrected chi connectivity index (χ1v) is 8.41. The van der Waals surface area contributed by atoms with Crippen LogP contribution in [-0.4, -0.2) is 44.9 Å². The van der Waals surface area contributed by atoms with E-state index in [0.717, 1.165) is 10.6 Å². The number of nitrogen functional groups attached to an aromatic ring is 1. The van der Waals surface area contributed by atoms with Crippen molar-refractivity contribution >= 4 is 33.9 Å². The Morgan fingerprint density at radius 1 is 1.20 bits per heavy atom. The summed E-state index contributed by atoms with van der Waals surface area (Å²) in [4.78, 5) is 9.48. The van der Waals surface area contributed by atoms with Gasteiger partial charge in [-0.2, -0.15) is 0 Å². The highest BCUT2D eigenvalue weighted by molar-refractivity contribution is 7.18. The number of hydrogen-bond acceptors (Lipinski definition) is 9. The summed E-state index contributed by atoms with van der Waals surface area (Å²) in [5.74, 6) is 2.55. The summed E-state index contributed by atoms with van der Waals surface area (Å²) in [6, 6.07) is 3.72. The first-order chi connectivity index (χ1) is 12.0. The molecule has 8 nitrogen and oxygen atoms in total. The van der Waals surface area contributed by atoms with Gasteiger partial charge in [-0.15, -0.1) is 0 Å². The number of aromatic nitrogens is 1. The second-order valence-corrected chi connectivity index (χ2v) is 6.37. The monoisotopic (exact) mass is 364 g/mol. The second kappa shape index (κ2) is 7.06. The first kappa shape index (κ1) is 17.2. The van der Waals surface area contributed by atoms with Crippen molar-refractivity contribution in [3.8, 4) is 17.2 Å². The van der Waals surface area contributed by atoms with Gasteiger partial charge in [0.1, 0.15) is 17.3 Å². The molecule has 1 atom stereocenters. The summed E-state index contributed by atoms with van der Waals surface area (Å²) >= 11 is 1.37. The lowest BCUT2D eigenvalue weighted by atomic mass is 10.2. The Kier molecular flexibility index (Phi) is 4.84. The minimum Gasteiger partial charge on any atom is -0.493 e. The van der Waals surface area contributed by atoms with Gasteiger partial charge in [-0.1, -0.05) is 11.3 Å². The molecule has 3 rings (SSSR count). The van der Waals surface area contributed by atoms with Crippen molar-refractivity contribution in [2.24, 2.45) is 4.99 Å². The van der Waals surface area contributed by atoms with Crippen LogP contribution in [0.15, 0.2) is 17.1 Å². The van der Waals surface area contributed by atoms with E-state index in [2.05, 4.69) is 15.3 Å². The number of aliphatic imine (C=N–C) groups is 1. The molecule has 0 bridgehead atoms. The molecule has 0 spiro atoms. The highest BCUT2D eigenvalue weighted by atomic mass is 32.1. The minimum absolute atomic E-state index is 0.128. The minimum atomic E-state index is 0.128. The van der Waals surface area contributed by atoms with Crippen molar-refractivity contribution in [3.05, 3.63) is 17.0 Å². The molecule has 0 saturated carbocycles. The number of nitrogens with zero attached hydrogens (tertiary/aromatic N) is 2. The van der Waals surface area contributed by atoms with Crippen LogP contribution in [0.2, 0.25) is 0 Å². The van der Waals surface area contributed by atoms with Gasteiger partial charge >= 0.3 is 0 Å². The molecule has 0 saturated heterocycles. The molecular formula is C16H20N4O4S. The molecule has 1 aromatic heterocycles. The summed E-state index contributed by atoms with van der Waals surface area (Å²) in [7, 11) is 4.69. The van der Waals surface area contributed by atoms with E-state index >= 15 is 0 Å². The van der Waals surface area contributed by atoms with Crippen LogP contribution in [0.3, 0.4) is 0 Å². The van der Waals surface area contributed by atoms with E-state index in [-0.39, 0.29) is 6.04 Å². The van der Waals surface area contributed by atoms with Gasteiger partial charge in [-0.25, -0.2) is 9.98 Å². The number of ether oxygens (including phenoxy) is 4. The van der Waals surface area contributed by atoms with E-state index in [9.17, 15) is 0 Å². The molecular weight excluding hydrogens is 344 g/mol. The van der Waals surface area contributed by atoms with Gasteiger partial charge in [0.05, 0.1) is 27.4 Å². The van der Waals surface area contributed by atoms with Crippen molar-refractivity contribution in [1.29, 1.82) is 0 Å². The van der Waals surface area contributed by atoms with Crippen LogP contribution in [-0.2, 0) is 4.74 Å². The zero-order chi connectivity index (χ0) is 18.0. The fraction of sp³-hybridized carbons (Fsp3) is 0.375. The summed E-state index contributed by atoms with van der Waals surface area (Å²) in [5.41, 5.74) is 6.74. The van der Waals surface area contributed by atoms with Gasteiger partial charge in [0.25, 0.3) is 0 Å². The van der Waals surface area contributed by atoms with Crippen LogP contribution in [0, 0.1) is 0 Å². The lowest BCUT2D eigenvalue weighted by Crippen LogP contribution is -2.02. The van der Waals surface area contributed by atoms with Crippen molar-refractivity contribution in [2.75, 3.05) is 39.0 Å². The molecule has 25 heavy (non-hydrogen) atoms. The molecule has 0 aliphatic carbocycles. The Hall–Kier alpha value is -2.68. The molecule has 1 aromatic carbocycles. The standard InChI is InChI=1S/C16H20N4O4S/c1-8-7-24-15(18-8)13-14(17)20-16(25-13)19-9-5-10(21-2)12(23-4)11(6-9)22-3/h5-6,8H,7,17H2,1-4H3,(H,19,20). The maximum Gasteiger partial charge on any atom is 0.230 e. The first-order valence-electron chi connectivity index (χ1n) is 7.60. The topological polar surface area (TPSA) is 100 Å². The van der Waals surface area contributed by atoms with Gasteiger partial charge in [0, 0.05) is 17.8 Å². The summed E-state index contributed by atoms with van der Waals surface area (Å²) < 4.78 is 21.6. The maximum absolute atomic E-state index is 6.01. The van der Waals surface area contributed by atoms with Gasteiger partial charge < -0.3 is 30.0 Å². The van der Waals surface area contributed by atoms with Crippen LogP contribution in [0.5, 0.6) is 17.2 Å². The van der Waals surface area contributed by atoms with Crippen molar-refractivity contribution < 1.29 is 18.9 Å². The lowest BCUT2D eigenvalue weighted by molar-refractivity contribution is 0.324. The third-order valence-corrected chi connectivity index (χ3v) is 4.54. The molecule has 1 aliphatic heterocycles. The van der Waals surface area contributed by atoms with Gasteiger partial charge in [-0.3, -0.25) is 0 Å². The molecule has 3 N–H and O–H groups in total. The van der Waals surface area contributed by atoms with Gasteiger partial charge in [-0.05, 0) is 6.92 Å². The smallest absolute Gasteiger partial charge is 0.230 e. The number of rotatable bonds is 6. The Morgan fingerprint density at radius 2 is 1.88 bits per heavy atom. The average molecular weight is 364 g/mol. The molecule has 9 heteroatoms. The van der Waals surface area contributed by atoms with Crippen LogP contribution in [0.4, 0.5) is 16.6 Å². The van der Waals surface area contributed by atoms with Crippen molar-refractivity contribution in [3.63, 3.8) is 0 Å². The van der Waals surface area contributed by atoms with Crippen LogP contribution < -0.4 is 25.3 Å². The molecule has 2 heterocycles. The predicted molar refractivity (Wildman–Crippen MR) is 97.9 cm³/mol. The fourth-order valence-corrected chi connectivity index (χ4v) is 3.27. The number of nitrogens with two attached hydrogens (primary N) is 1. The Morgan fingerprint density at radius 3 is 2.40 bits per heavy atom. The van der Waals surface area contributed by atoms with E-state index < -0.39 is 0 Å². The number of hydrogen-bond donors (Lipinski definition) is 2. The molecule has 0 amide bonds. The van der Waals surface area contributed by atoms with E-state index in [0.29, 0.717) is 40.7 Å². The third-order valence-electron chi connectivity index (χ3n) is 3.56. The number of methoxy groups -OCH3 is 3. The molecule has 2 aromatic rings. The SMILES string of the molecule is COc1cc(Nc2nc(N)c(C3=NC(C)CO3)s2)cc(OC)c1OC. The number of nitrogens with one attached hydrogen (secondary N) is 1. The molecule has 0 radical (unpaired) electrons. The zero-order valence-electron chi connectivity index (χ0n) is 14.5. The Bertz CT molecular complexity index is 780. The quantitative estimate of drug-likeness (QED) is 0.813. The highest BCUT2D eigenvalue weighted by Crippen LogP contribution is 2.41. The van der Waals surface area contributed by atoms with E-state index in [1.807, 2.05) is 6.92 Å². The van der Waals surface area contributed by atoms with Gasteiger partial charge in [0.2, 0.25) is 11.6 Å². The van der Waals surface area contributed by atoms with Crippen LogP contribution >= 0.6 is 11.3 Å². The van der Waals surface area contributed by atoms with Gasteiger partial charge in [0.15, 0.2) is 16.6 Å². The predicted octanol–water partition coefficient (Wildman–Crippen LogP) is 2.66. The Balaban J connectivity index is 1.89. The van der Waals surface area contributed by atoms with Crippen LogP contribution in [0.25, 0.3) is 0 Å². The van der Waals surface area contributed by atoms with E-state index in [1.165, 1.54) is 11.3 Å². The zero-order valence-corrected chi connectivity index (χ0v) is 15.3. The summed E-state index contributed by atoms with van der Waals surface area (Å²) in [5, 5.41) is 3.82. The normalized spacial score (nSPS) is 16.2. The average Bonchev–Trinajstić information content (AvgIpc) is 3.19.